The standard InChI is InChI=1S/C29H23FN2O3/c1-19-15-24(16-25(17-31)21-7-9-22(10-8-21)29(33)34)20(2)32(19)26-11-13-27(14-12-26)35-18-23-5-3-4-6-28(23)30/h3-16H,18H2,1-2H3,(H,33,34)/b25-16-. The Morgan fingerprint density at radius 3 is 2.31 bits per heavy atom. The molecule has 1 heterocycles. The molecule has 0 bridgehead atoms. The van der Waals surface area contributed by atoms with Crippen molar-refractivity contribution < 1.29 is 19.0 Å². The van der Waals surface area contributed by atoms with Crippen LogP contribution in [0.5, 0.6) is 5.75 Å². The number of hydrogen-bond donors (Lipinski definition) is 1. The molecule has 0 aliphatic rings. The molecule has 0 aliphatic heterocycles. The highest BCUT2D eigenvalue weighted by atomic mass is 19.1. The van der Waals surface area contributed by atoms with E-state index in [4.69, 9.17) is 9.84 Å². The molecule has 1 aromatic heterocycles. The molecule has 0 aliphatic carbocycles. The zero-order valence-corrected chi connectivity index (χ0v) is 19.3. The van der Waals surface area contributed by atoms with Crippen LogP contribution in [0.25, 0.3) is 17.3 Å². The highest BCUT2D eigenvalue weighted by Gasteiger charge is 2.12. The number of nitrogens with zero attached hydrogens (tertiary/aromatic N) is 2. The highest BCUT2D eigenvalue weighted by molar-refractivity contribution is 5.92. The maximum Gasteiger partial charge on any atom is 0.335 e. The molecule has 3 aromatic carbocycles. The summed E-state index contributed by atoms with van der Waals surface area (Å²) in [7, 11) is 0. The van der Waals surface area contributed by atoms with E-state index >= 15 is 0 Å². The Balaban J connectivity index is 1.56. The number of carboxylic acid groups (broad SMARTS) is 1. The van der Waals surface area contributed by atoms with Crippen molar-refractivity contribution in [1.82, 2.24) is 4.57 Å². The van der Waals surface area contributed by atoms with E-state index in [2.05, 4.69) is 10.6 Å². The molecule has 5 nitrogen and oxygen atoms in total. The molecule has 174 valence electrons. The maximum absolute atomic E-state index is 13.8. The van der Waals surface area contributed by atoms with Crippen molar-refractivity contribution >= 4 is 17.6 Å². The molecule has 0 atom stereocenters. The van der Waals surface area contributed by atoms with Crippen molar-refractivity contribution in [3.05, 3.63) is 118 Å². The topological polar surface area (TPSA) is 75.3 Å². The van der Waals surface area contributed by atoms with Gasteiger partial charge in [0.2, 0.25) is 0 Å². The smallest absolute Gasteiger partial charge is 0.335 e. The summed E-state index contributed by atoms with van der Waals surface area (Å²) >= 11 is 0. The molecular formula is C29H23FN2O3. The maximum atomic E-state index is 13.8. The quantitative estimate of drug-likeness (QED) is 0.312. The summed E-state index contributed by atoms with van der Waals surface area (Å²) in [4.78, 5) is 11.1. The predicted molar refractivity (Wildman–Crippen MR) is 133 cm³/mol. The Labute approximate surface area is 203 Å². The fourth-order valence-electron chi connectivity index (χ4n) is 3.93. The van der Waals surface area contributed by atoms with Gasteiger partial charge in [0.15, 0.2) is 0 Å². The van der Waals surface area contributed by atoms with E-state index in [0.29, 0.717) is 22.4 Å². The summed E-state index contributed by atoms with van der Waals surface area (Å²) in [6, 6.07) is 24.5. The first-order valence-electron chi connectivity index (χ1n) is 11.0. The predicted octanol–water partition coefficient (Wildman–Crippen LogP) is 6.57. The molecule has 1 N–H and O–H groups in total. The van der Waals surface area contributed by atoms with E-state index < -0.39 is 5.97 Å². The van der Waals surface area contributed by atoms with Crippen molar-refractivity contribution in [2.75, 3.05) is 0 Å². The van der Waals surface area contributed by atoms with Crippen molar-refractivity contribution in [3.8, 4) is 17.5 Å². The molecule has 0 radical (unpaired) electrons. The van der Waals surface area contributed by atoms with Gasteiger partial charge in [-0.05, 0) is 79.6 Å². The van der Waals surface area contributed by atoms with E-state index in [1.807, 2.05) is 44.2 Å². The zero-order chi connectivity index (χ0) is 24.9. The van der Waals surface area contributed by atoms with Gasteiger partial charge in [-0.15, -0.1) is 0 Å². The number of ether oxygens (including phenoxy) is 1. The normalized spacial score (nSPS) is 11.2. The first kappa shape index (κ1) is 23.5. The Morgan fingerprint density at radius 2 is 1.69 bits per heavy atom. The van der Waals surface area contributed by atoms with E-state index in [1.165, 1.54) is 18.2 Å². The number of aromatic carboxylic acids is 1. The minimum atomic E-state index is -1.01. The van der Waals surface area contributed by atoms with E-state index in [1.54, 1.807) is 36.4 Å². The third kappa shape index (κ3) is 5.15. The molecule has 0 amide bonds. The van der Waals surface area contributed by atoms with Crippen LogP contribution in [0.1, 0.15) is 38.4 Å². The second-order valence-electron chi connectivity index (χ2n) is 8.09. The average molecular weight is 467 g/mol. The zero-order valence-electron chi connectivity index (χ0n) is 19.3. The van der Waals surface area contributed by atoms with Crippen molar-refractivity contribution in [2.24, 2.45) is 0 Å². The van der Waals surface area contributed by atoms with Gasteiger partial charge < -0.3 is 14.4 Å². The average Bonchev–Trinajstić information content (AvgIpc) is 3.15. The minimum Gasteiger partial charge on any atom is -0.489 e. The fraction of sp³-hybridized carbons (Fsp3) is 0.103. The van der Waals surface area contributed by atoms with Gasteiger partial charge in [0.1, 0.15) is 18.2 Å². The van der Waals surface area contributed by atoms with Gasteiger partial charge in [-0.2, -0.15) is 5.26 Å². The van der Waals surface area contributed by atoms with Gasteiger partial charge in [-0.25, -0.2) is 9.18 Å². The summed E-state index contributed by atoms with van der Waals surface area (Å²) in [6.07, 6.45) is 1.81. The molecule has 0 saturated carbocycles. The third-order valence-electron chi connectivity index (χ3n) is 5.78. The number of benzene rings is 3. The number of aromatic nitrogens is 1. The van der Waals surface area contributed by atoms with E-state index in [-0.39, 0.29) is 18.0 Å². The fourth-order valence-corrected chi connectivity index (χ4v) is 3.93. The summed E-state index contributed by atoms with van der Waals surface area (Å²) in [5, 5.41) is 18.8. The number of aryl methyl sites for hydroxylation is 1. The van der Waals surface area contributed by atoms with Crippen LogP contribution in [0.15, 0.2) is 78.9 Å². The van der Waals surface area contributed by atoms with Gasteiger partial charge in [0.25, 0.3) is 0 Å². The third-order valence-corrected chi connectivity index (χ3v) is 5.78. The van der Waals surface area contributed by atoms with Crippen LogP contribution in [0.2, 0.25) is 0 Å². The van der Waals surface area contributed by atoms with E-state index in [0.717, 1.165) is 22.6 Å². The molecule has 4 rings (SSSR count). The molecule has 6 heteroatoms. The van der Waals surface area contributed by atoms with Crippen molar-refractivity contribution in [1.29, 1.82) is 5.26 Å². The van der Waals surface area contributed by atoms with Gasteiger partial charge in [-0.1, -0.05) is 30.3 Å². The number of carbonyl (C=O) groups is 1. The number of allylic oxidation sites excluding steroid dienone is 1. The molecular weight excluding hydrogens is 443 g/mol. The lowest BCUT2D eigenvalue weighted by atomic mass is 10.0. The van der Waals surface area contributed by atoms with Crippen LogP contribution in [-0.4, -0.2) is 15.6 Å². The van der Waals surface area contributed by atoms with Crippen LogP contribution < -0.4 is 4.74 Å². The molecule has 0 unspecified atom stereocenters. The second-order valence-corrected chi connectivity index (χ2v) is 8.09. The first-order chi connectivity index (χ1) is 16.9. The molecule has 0 fully saturated rings. The molecule has 35 heavy (non-hydrogen) atoms. The van der Waals surface area contributed by atoms with E-state index in [9.17, 15) is 14.4 Å². The minimum absolute atomic E-state index is 0.146. The lowest BCUT2D eigenvalue weighted by Gasteiger charge is -2.12. The summed E-state index contributed by atoms with van der Waals surface area (Å²) in [5.74, 6) is -0.666. The summed E-state index contributed by atoms with van der Waals surface area (Å²) in [5.41, 5.74) is 5.53. The van der Waals surface area contributed by atoms with Gasteiger partial charge in [0, 0.05) is 22.6 Å². The van der Waals surface area contributed by atoms with Gasteiger partial charge in [-0.3, -0.25) is 0 Å². The van der Waals surface area contributed by atoms with Crippen molar-refractivity contribution in [2.45, 2.75) is 20.5 Å². The van der Waals surface area contributed by atoms with Crippen LogP contribution >= 0.6 is 0 Å². The number of hydrogen-bond acceptors (Lipinski definition) is 3. The number of halogens is 1. The number of rotatable bonds is 7. The number of carboxylic acids is 1. The first-order valence-corrected chi connectivity index (χ1v) is 11.0. The number of nitriles is 1. The SMILES string of the molecule is Cc1cc(/C=C(/C#N)c2ccc(C(=O)O)cc2)c(C)n1-c1ccc(OCc2ccccc2F)cc1. The van der Waals surface area contributed by atoms with Crippen molar-refractivity contribution in [3.63, 3.8) is 0 Å². The van der Waals surface area contributed by atoms with Crippen LogP contribution in [0.3, 0.4) is 0 Å². The van der Waals surface area contributed by atoms with Crippen LogP contribution in [0.4, 0.5) is 4.39 Å². The van der Waals surface area contributed by atoms with Gasteiger partial charge in [0.05, 0.1) is 17.2 Å². The molecule has 4 aromatic rings. The second kappa shape index (κ2) is 10.1. The van der Waals surface area contributed by atoms with Crippen LogP contribution in [-0.2, 0) is 6.61 Å². The monoisotopic (exact) mass is 466 g/mol. The lowest BCUT2D eigenvalue weighted by Crippen LogP contribution is -2.01. The Hall–Kier alpha value is -4.63. The molecule has 0 saturated heterocycles. The Kier molecular flexibility index (Phi) is 6.79. The Bertz CT molecular complexity index is 1440. The Morgan fingerprint density at radius 1 is 1.03 bits per heavy atom. The highest BCUT2D eigenvalue weighted by Crippen LogP contribution is 2.27. The summed E-state index contributed by atoms with van der Waals surface area (Å²) < 4.78 is 21.6. The summed E-state index contributed by atoms with van der Waals surface area (Å²) in [6.45, 7) is 4.11. The van der Waals surface area contributed by atoms with Gasteiger partial charge >= 0.3 is 5.97 Å². The largest absolute Gasteiger partial charge is 0.489 e. The molecule has 0 spiro atoms. The van der Waals surface area contributed by atoms with Crippen LogP contribution in [0, 0.1) is 31.0 Å². The lowest BCUT2D eigenvalue weighted by molar-refractivity contribution is 0.0697.